The van der Waals surface area contributed by atoms with Crippen molar-refractivity contribution in [3.05, 3.63) is 54.3 Å². The molecular weight excluding hydrogens is 381 g/mol. The molecule has 2 aliphatic heterocycles. The van der Waals surface area contributed by atoms with Gasteiger partial charge in [-0.15, -0.1) is 0 Å². The minimum Gasteiger partial charge on any atom is -0.497 e. The number of nitrogens with zero attached hydrogens (tertiary/aromatic N) is 4. The van der Waals surface area contributed by atoms with Crippen LogP contribution in [0.1, 0.15) is 0 Å². The van der Waals surface area contributed by atoms with Gasteiger partial charge in [-0.2, -0.15) is 5.11 Å². The van der Waals surface area contributed by atoms with E-state index in [0.717, 1.165) is 4.90 Å². The third-order valence-electron chi connectivity index (χ3n) is 4.62. The van der Waals surface area contributed by atoms with Gasteiger partial charge in [-0.05, 0) is 48.5 Å². The minimum atomic E-state index is -0.997. The van der Waals surface area contributed by atoms with Crippen LogP contribution in [0.15, 0.2) is 58.9 Å². The second-order valence-electron chi connectivity index (χ2n) is 6.46. The number of methoxy groups -OCH3 is 1. The molecule has 0 unspecified atom stereocenters. The summed E-state index contributed by atoms with van der Waals surface area (Å²) in [5.41, 5.74) is 0.791. The zero-order valence-electron chi connectivity index (χ0n) is 15.3. The summed E-state index contributed by atoms with van der Waals surface area (Å²) in [5.74, 6) is -1.32. The highest BCUT2D eigenvalue weighted by Crippen LogP contribution is 2.32. The molecule has 3 amide bonds. The van der Waals surface area contributed by atoms with Gasteiger partial charge < -0.3 is 10.1 Å². The number of ether oxygens (including phenoxy) is 1. The molecule has 2 heterocycles. The quantitative estimate of drug-likeness (QED) is 0.775. The van der Waals surface area contributed by atoms with Crippen molar-refractivity contribution in [3.63, 3.8) is 0 Å². The van der Waals surface area contributed by atoms with Crippen LogP contribution in [0.25, 0.3) is 0 Å². The van der Waals surface area contributed by atoms with Gasteiger partial charge in [-0.25, -0.2) is 9.29 Å². The number of halogens is 1. The summed E-state index contributed by atoms with van der Waals surface area (Å²) in [6.07, 6.45) is 0. The molecule has 2 atom stereocenters. The first-order valence-electron chi connectivity index (χ1n) is 8.72. The van der Waals surface area contributed by atoms with Crippen molar-refractivity contribution in [1.29, 1.82) is 0 Å². The number of hydrogen-bond donors (Lipinski definition) is 1. The van der Waals surface area contributed by atoms with Crippen LogP contribution < -0.4 is 15.0 Å². The molecule has 4 rings (SSSR count). The molecular formula is C19H16FN5O4. The summed E-state index contributed by atoms with van der Waals surface area (Å²) in [4.78, 5) is 38.9. The van der Waals surface area contributed by atoms with Gasteiger partial charge in [0, 0.05) is 5.69 Å². The van der Waals surface area contributed by atoms with Gasteiger partial charge in [0.25, 0.3) is 11.8 Å². The van der Waals surface area contributed by atoms with E-state index in [1.54, 1.807) is 24.3 Å². The van der Waals surface area contributed by atoms with E-state index in [-0.39, 0.29) is 6.54 Å². The van der Waals surface area contributed by atoms with E-state index in [2.05, 4.69) is 15.7 Å². The van der Waals surface area contributed by atoms with Crippen molar-refractivity contribution in [2.75, 3.05) is 23.9 Å². The van der Waals surface area contributed by atoms with Gasteiger partial charge in [0.05, 0.1) is 12.8 Å². The lowest BCUT2D eigenvalue weighted by atomic mass is 10.1. The monoisotopic (exact) mass is 397 g/mol. The molecule has 10 heteroatoms. The van der Waals surface area contributed by atoms with Crippen LogP contribution in [0, 0.1) is 5.82 Å². The Morgan fingerprint density at radius 1 is 1.10 bits per heavy atom. The second-order valence-corrected chi connectivity index (χ2v) is 6.46. The highest BCUT2D eigenvalue weighted by atomic mass is 19.1. The van der Waals surface area contributed by atoms with E-state index in [1.165, 1.54) is 36.4 Å². The van der Waals surface area contributed by atoms with Crippen LogP contribution in [0.3, 0.4) is 0 Å². The van der Waals surface area contributed by atoms with E-state index >= 15 is 0 Å². The molecule has 148 valence electrons. The van der Waals surface area contributed by atoms with Crippen LogP contribution >= 0.6 is 0 Å². The average molecular weight is 397 g/mol. The Balaban J connectivity index is 1.47. The number of nitrogens with one attached hydrogen (secondary N) is 1. The molecule has 2 aliphatic rings. The molecule has 29 heavy (non-hydrogen) atoms. The number of hydrogen-bond acceptors (Lipinski definition) is 7. The smallest absolute Gasteiger partial charge is 0.263 e. The largest absolute Gasteiger partial charge is 0.497 e. The molecule has 0 saturated carbocycles. The zero-order chi connectivity index (χ0) is 20.5. The van der Waals surface area contributed by atoms with Crippen LogP contribution in [-0.2, 0) is 14.4 Å². The fourth-order valence-corrected chi connectivity index (χ4v) is 3.22. The molecule has 9 nitrogen and oxygen atoms in total. The maximum absolute atomic E-state index is 13.0. The average Bonchev–Trinajstić information content (AvgIpc) is 3.23. The first kappa shape index (κ1) is 18.5. The molecule has 0 bridgehead atoms. The van der Waals surface area contributed by atoms with Gasteiger partial charge in [0.1, 0.15) is 18.1 Å². The predicted octanol–water partition coefficient (Wildman–Crippen LogP) is 1.77. The summed E-state index contributed by atoms with van der Waals surface area (Å²) < 4.78 is 18.0. The van der Waals surface area contributed by atoms with Crippen LogP contribution in [0.4, 0.5) is 15.8 Å². The number of carbonyl (C=O) groups excluding carboxylic acids is 3. The molecule has 2 aromatic rings. The van der Waals surface area contributed by atoms with Gasteiger partial charge in [0.15, 0.2) is 12.1 Å². The first-order chi connectivity index (χ1) is 14.0. The standard InChI is InChI=1S/C19H16FN5O4/c1-29-14-8-6-13(7-9-14)25-18(27)16-17(19(25)28)24(23-22-16)10-15(26)21-12-4-2-11(20)3-5-12/h2-9,16-17H,10H2,1H3,(H,21,26)/t16-,17+/m0/s1. The lowest BCUT2D eigenvalue weighted by Crippen LogP contribution is -2.43. The van der Waals surface area contributed by atoms with E-state index < -0.39 is 35.6 Å². The summed E-state index contributed by atoms with van der Waals surface area (Å²) >= 11 is 0. The van der Waals surface area contributed by atoms with Gasteiger partial charge in [0.2, 0.25) is 5.91 Å². The third-order valence-corrected chi connectivity index (χ3v) is 4.62. The second kappa shape index (κ2) is 7.30. The fourth-order valence-electron chi connectivity index (χ4n) is 3.22. The molecule has 0 radical (unpaired) electrons. The Hall–Kier alpha value is -3.82. The maximum atomic E-state index is 13.0. The first-order valence-corrected chi connectivity index (χ1v) is 8.72. The number of carbonyl (C=O) groups is 3. The molecule has 0 spiro atoms. The van der Waals surface area contributed by atoms with Crippen molar-refractivity contribution in [1.82, 2.24) is 5.01 Å². The molecule has 0 aliphatic carbocycles. The highest BCUT2D eigenvalue weighted by molar-refractivity contribution is 6.25. The maximum Gasteiger partial charge on any atom is 0.263 e. The van der Waals surface area contributed by atoms with Crippen LogP contribution in [-0.4, -0.2) is 48.5 Å². The molecule has 2 aromatic carbocycles. The Morgan fingerprint density at radius 2 is 1.79 bits per heavy atom. The van der Waals surface area contributed by atoms with Crippen LogP contribution in [0.5, 0.6) is 5.75 Å². The summed E-state index contributed by atoms with van der Waals surface area (Å²) in [6.45, 7) is -0.280. The number of benzene rings is 2. The zero-order valence-corrected chi connectivity index (χ0v) is 15.3. The van der Waals surface area contributed by atoms with E-state index in [4.69, 9.17) is 4.74 Å². The van der Waals surface area contributed by atoms with Crippen molar-refractivity contribution >= 4 is 29.1 Å². The topological polar surface area (TPSA) is 104 Å². The summed E-state index contributed by atoms with van der Waals surface area (Å²) in [5, 5.41) is 11.5. The normalized spacial score (nSPS) is 20.2. The highest BCUT2D eigenvalue weighted by Gasteiger charge is 2.55. The third kappa shape index (κ3) is 3.40. The number of imide groups is 1. The number of amides is 3. The summed E-state index contributed by atoms with van der Waals surface area (Å²) in [6, 6.07) is 9.75. The minimum absolute atomic E-state index is 0.280. The molecule has 1 fully saturated rings. The lowest BCUT2D eigenvalue weighted by molar-refractivity contribution is -0.123. The Morgan fingerprint density at radius 3 is 2.45 bits per heavy atom. The molecule has 1 N–H and O–H groups in total. The Labute approximate surface area is 164 Å². The fraction of sp³-hybridized carbons (Fsp3) is 0.211. The van der Waals surface area contributed by atoms with Crippen molar-refractivity contribution in [3.8, 4) is 5.75 Å². The lowest BCUT2D eigenvalue weighted by Gasteiger charge is -2.20. The predicted molar refractivity (Wildman–Crippen MR) is 99.7 cm³/mol. The Bertz CT molecular complexity index is 993. The Kier molecular flexibility index (Phi) is 4.67. The van der Waals surface area contributed by atoms with Gasteiger partial charge in [-0.3, -0.25) is 19.4 Å². The molecule has 0 aromatic heterocycles. The molecule has 1 saturated heterocycles. The van der Waals surface area contributed by atoms with Crippen LogP contribution in [0.2, 0.25) is 0 Å². The summed E-state index contributed by atoms with van der Waals surface area (Å²) in [7, 11) is 1.51. The van der Waals surface area contributed by atoms with Gasteiger partial charge >= 0.3 is 0 Å². The van der Waals surface area contributed by atoms with Crippen molar-refractivity contribution in [2.24, 2.45) is 10.3 Å². The van der Waals surface area contributed by atoms with Crippen molar-refractivity contribution in [2.45, 2.75) is 12.1 Å². The number of rotatable bonds is 5. The number of anilines is 2. The van der Waals surface area contributed by atoms with E-state index in [9.17, 15) is 18.8 Å². The van der Waals surface area contributed by atoms with E-state index in [0.29, 0.717) is 17.1 Å². The van der Waals surface area contributed by atoms with Gasteiger partial charge in [-0.1, -0.05) is 5.22 Å². The van der Waals surface area contributed by atoms with E-state index in [1.807, 2.05) is 0 Å². The number of fused-ring (bicyclic) bond motifs is 1. The SMILES string of the molecule is COc1ccc(N2C(=O)[C@H]3N=NN(CC(=O)Nc4ccc(F)cc4)[C@H]3C2=O)cc1. The van der Waals surface area contributed by atoms with Crippen molar-refractivity contribution < 1.29 is 23.5 Å².